The van der Waals surface area contributed by atoms with Gasteiger partial charge in [0.15, 0.2) is 0 Å². The fraction of sp³-hybridized carbons (Fsp3) is 0.435. The number of hydrogen-bond donors (Lipinski definition) is 2. The maximum Gasteiger partial charge on any atom is 0.270 e. The summed E-state index contributed by atoms with van der Waals surface area (Å²) < 4.78 is 27.0. The molecular weight excluding hydrogens is 416 g/mol. The number of piperidine rings is 1. The number of carbonyl (C=O) groups is 2. The summed E-state index contributed by atoms with van der Waals surface area (Å²) in [5.41, 5.74) is 1.61. The molecule has 0 unspecified atom stereocenters. The number of piperazine rings is 1. The molecule has 2 fully saturated rings. The lowest BCUT2D eigenvalue weighted by Crippen LogP contribution is -2.51. The van der Waals surface area contributed by atoms with Crippen molar-refractivity contribution in [2.24, 2.45) is 0 Å². The standard InChI is InChI=1S/C23H27F2N5O2/c24-18-4-1-16(2-5-18)15-29-9-11-30(12-10-29)23(32)17-3-6-21(27-13-17)22(31)28-20-7-8-26-14-19(20)25/h1-6,13,19-20,26H,7-12,14-15H2,(H,28,31)/t19-,20+/m0/s1. The third kappa shape index (κ3) is 5.46. The lowest BCUT2D eigenvalue weighted by atomic mass is 10.0. The van der Waals surface area contributed by atoms with Crippen LogP contribution >= 0.6 is 0 Å². The van der Waals surface area contributed by atoms with E-state index in [2.05, 4.69) is 20.5 Å². The number of hydrogen-bond acceptors (Lipinski definition) is 5. The van der Waals surface area contributed by atoms with E-state index < -0.39 is 18.1 Å². The molecule has 2 amide bonds. The number of alkyl halides is 1. The van der Waals surface area contributed by atoms with Crippen LogP contribution in [0.3, 0.4) is 0 Å². The topological polar surface area (TPSA) is 77.6 Å². The third-order valence-corrected chi connectivity index (χ3v) is 5.95. The Bertz CT molecular complexity index is 930. The first-order chi connectivity index (χ1) is 15.5. The molecule has 32 heavy (non-hydrogen) atoms. The second kappa shape index (κ2) is 10.1. The number of nitrogens with one attached hydrogen (secondary N) is 2. The van der Waals surface area contributed by atoms with E-state index in [0.717, 1.165) is 18.7 Å². The van der Waals surface area contributed by atoms with Crippen LogP contribution in [-0.2, 0) is 6.54 Å². The second-order valence-corrected chi connectivity index (χ2v) is 8.22. The van der Waals surface area contributed by atoms with Crippen molar-refractivity contribution in [3.63, 3.8) is 0 Å². The second-order valence-electron chi connectivity index (χ2n) is 8.22. The van der Waals surface area contributed by atoms with Gasteiger partial charge in [0.1, 0.15) is 17.7 Å². The summed E-state index contributed by atoms with van der Waals surface area (Å²) >= 11 is 0. The van der Waals surface area contributed by atoms with Crippen molar-refractivity contribution in [1.29, 1.82) is 0 Å². The van der Waals surface area contributed by atoms with Crippen molar-refractivity contribution in [2.45, 2.75) is 25.2 Å². The number of halogens is 2. The summed E-state index contributed by atoms with van der Waals surface area (Å²) in [7, 11) is 0. The highest BCUT2D eigenvalue weighted by atomic mass is 19.1. The fourth-order valence-corrected chi connectivity index (χ4v) is 4.02. The molecule has 0 radical (unpaired) electrons. The molecular formula is C23H27F2N5O2. The van der Waals surface area contributed by atoms with Crippen LogP contribution in [0.15, 0.2) is 42.6 Å². The van der Waals surface area contributed by atoms with Gasteiger partial charge < -0.3 is 15.5 Å². The SMILES string of the molecule is O=C(N[C@@H]1CCNC[C@@H]1F)c1ccc(C(=O)N2CCN(Cc3ccc(F)cc3)CC2)cn1. The zero-order valence-corrected chi connectivity index (χ0v) is 17.8. The molecule has 1 aromatic carbocycles. The monoisotopic (exact) mass is 443 g/mol. The minimum Gasteiger partial charge on any atom is -0.345 e. The number of carbonyl (C=O) groups excluding carboxylic acids is 2. The summed E-state index contributed by atoms with van der Waals surface area (Å²) in [6.07, 6.45) is 0.795. The van der Waals surface area contributed by atoms with E-state index >= 15 is 0 Å². The van der Waals surface area contributed by atoms with Crippen LogP contribution in [-0.4, -0.2) is 78.1 Å². The Balaban J connectivity index is 1.28. The minimum absolute atomic E-state index is 0.131. The maximum absolute atomic E-state index is 13.9. The number of pyridine rings is 1. The molecule has 2 aromatic rings. The smallest absolute Gasteiger partial charge is 0.270 e. The Morgan fingerprint density at radius 1 is 1.09 bits per heavy atom. The molecule has 0 spiro atoms. The predicted octanol–water partition coefficient (Wildman–Crippen LogP) is 1.61. The van der Waals surface area contributed by atoms with Crippen molar-refractivity contribution in [3.8, 4) is 0 Å². The van der Waals surface area contributed by atoms with E-state index in [1.165, 1.54) is 24.4 Å². The summed E-state index contributed by atoms with van der Waals surface area (Å²) in [5, 5.41) is 5.63. The first kappa shape index (κ1) is 22.3. The molecule has 1 aromatic heterocycles. The Hall–Kier alpha value is -2.91. The van der Waals surface area contributed by atoms with Crippen molar-refractivity contribution in [2.75, 3.05) is 39.3 Å². The molecule has 0 bridgehead atoms. The van der Waals surface area contributed by atoms with E-state index in [1.54, 1.807) is 23.1 Å². The third-order valence-electron chi connectivity index (χ3n) is 5.95. The van der Waals surface area contributed by atoms with Crippen LogP contribution < -0.4 is 10.6 Å². The van der Waals surface area contributed by atoms with Crippen LogP contribution in [0.4, 0.5) is 8.78 Å². The summed E-state index contributed by atoms with van der Waals surface area (Å²) in [6, 6.07) is 9.01. The number of aromatic nitrogens is 1. The zero-order chi connectivity index (χ0) is 22.5. The van der Waals surface area contributed by atoms with Gasteiger partial charge in [-0.2, -0.15) is 0 Å². The Kier molecular flexibility index (Phi) is 7.06. The average molecular weight is 443 g/mol. The van der Waals surface area contributed by atoms with E-state index in [1.807, 2.05) is 0 Å². The Morgan fingerprint density at radius 3 is 2.50 bits per heavy atom. The van der Waals surface area contributed by atoms with Gasteiger partial charge in [0.25, 0.3) is 11.8 Å². The van der Waals surface area contributed by atoms with Crippen LogP contribution in [0.2, 0.25) is 0 Å². The highest BCUT2D eigenvalue weighted by Crippen LogP contribution is 2.13. The molecule has 2 atom stereocenters. The highest BCUT2D eigenvalue weighted by molar-refractivity contribution is 5.96. The van der Waals surface area contributed by atoms with Gasteiger partial charge in [0, 0.05) is 45.5 Å². The van der Waals surface area contributed by atoms with Gasteiger partial charge in [-0.1, -0.05) is 12.1 Å². The van der Waals surface area contributed by atoms with E-state index in [9.17, 15) is 18.4 Å². The first-order valence-corrected chi connectivity index (χ1v) is 10.9. The molecule has 2 aliphatic rings. The number of benzene rings is 1. The molecule has 3 heterocycles. The molecule has 2 saturated heterocycles. The van der Waals surface area contributed by atoms with Crippen LogP contribution in [0.25, 0.3) is 0 Å². The molecule has 2 aliphatic heterocycles. The quantitative estimate of drug-likeness (QED) is 0.734. The van der Waals surface area contributed by atoms with Crippen LogP contribution in [0, 0.1) is 5.82 Å². The highest BCUT2D eigenvalue weighted by Gasteiger charge is 2.27. The molecule has 0 saturated carbocycles. The lowest BCUT2D eigenvalue weighted by molar-refractivity contribution is 0.0627. The molecule has 170 valence electrons. The van der Waals surface area contributed by atoms with Gasteiger partial charge in [-0.15, -0.1) is 0 Å². The normalized spacial score (nSPS) is 21.9. The number of rotatable bonds is 5. The number of nitrogens with zero attached hydrogens (tertiary/aromatic N) is 3. The molecule has 0 aliphatic carbocycles. The maximum atomic E-state index is 13.9. The van der Waals surface area contributed by atoms with Crippen molar-refractivity contribution < 1.29 is 18.4 Å². The van der Waals surface area contributed by atoms with Gasteiger partial charge in [0.2, 0.25) is 0 Å². The molecule has 4 rings (SSSR count). The zero-order valence-electron chi connectivity index (χ0n) is 17.8. The van der Waals surface area contributed by atoms with Gasteiger partial charge in [-0.3, -0.25) is 19.5 Å². The molecule has 7 nitrogen and oxygen atoms in total. The summed E-state index contributed by atoms with van der Waals surface area (Å²) in [4.78, 5) is 33.3. The van der Waals surface area contributed by atoms with Crippen molar-refractivity contribution in [3.05, 3.63) is 65.2 Å². The van der Waals surface area contributed by atoms with Crippen LogP contribution in [0.1, 0.15) is 32.8 Å². The van der Waals surface area contributed by atoms with Crippen LogP contribution in [0.5, 0.6) is 0 Å². The minimum atomic E-state index is -1.13. The van der Waals surface area contributed by atoms with Gasteiger partial charge in [-0.25, -0.2) is 8.78 Å². The first-order valence-electron chi connectivity index (χ1n) is 10.9. The lowest BCUT2D eigenvalue weighted by Gasteiger charge is -2.34. The average Bonchev–Trinajstić information content (AvgIpc) is 2.82. The van der Waals surface area contributed by atoms with Gasteiger partial charge in [0.05, 0.1) is 11.6 Å². The van der Waals surface area contributed by atoms with Gasteiger partial charge >= 0.3 is 0 Å². The fourth-order valence-electron chi connectivity index (χ4n) is 4.02. The molecule has 2 N–H and O–H groups in total. The Labute approximate surface area is 185 Å². The number of amides is 2. The van der Waals surface area contributed by atoms with Gasteiger partial charge in [-0.05, 0) is 42.8 Å². The largest absolute Gasteiger partial charge is 0.345 e. The summed E-state index contributed by atoms with van der Waals surface area (Å²) in [6.45, 7) is 4.19. The van der Waals surface area contributed by atoms with E-state index in [4.69, 9.17) is 0 Å². The summed E-state index contributed by atoms with van der Waals surface area (Å²) in [5.74, 6) is -0.819. The predicted molar refractivity (Wildman–Crippen MR) is 115 cm³/mol. The molecule has 9 heteroatoms. The van der Waals surface area contributed by atoms with Crippen molar-refractivity contribution in [1.82, 2.24) is 25.4 Å². The van der Waals surface area contributed by atoms with E-state index in [-0.39, 0.29) is 24.0 Å². The van der Waals surface area contributed by atoms with E-state index in [0.29, 0.717) is 38.2 Å². The Morgan fingerprint density at radius 2 is 1.84 bits per heavy atom. The van der Waals surface area contributed by atoms with Crippen molar-refractivity contribution >= 4 is 11.8 Å².